The fourth-order valence-corrected chi connectivity index (χ4v) is 1.91. The summed E-state index contributed by atoms with van der Waals surface area (Å²) in [6, 6.07) is 13.9. The van der Waals surface area contributed by atoms with E-state index in [1.807, 2.05) is 37.3 Å². The molecular formula is C15H18BFO3S. The second kappa shape index (κ2) is 8.07. The number of hydrogen-bond donors (Lipinski definition) is 2. The summed E-state index contributed by atoms with van der Waals surface area (Å²) in [5.74, 6) is -0.137. The molecule has 0 aliphatic heterocycles. The van der Waals surface area contributed by atoms with Gasteiger partial charge in [0.1, 0.15) is 11.6 Å². The molecule has 0 aliphatic carbocycles. The van der Waals surface area contributed by atoms with Crippen LogP contribution in [0.4, 0.5) is 4.39 Å². The molecular weight excluding hydrogens is 290 g/mol. The Morgan fingerprint density at radius 2 is 1.81 bits per heavy atom. The van der Waals surface area contributed by atoms with Gasteiger partial charge in [0.25, 0.3) is 0 Å². The van der Waals surface area contributed by atoms with Crippen molar-refractivity contribution in [1.82, 2.24) is 0 Å². The first-order chi connectivity index (χ1) is 9.58. The first-order valence-corrected chi connectivity index (χ1v) is 6.41. The SMILES string of the molecule is C[C@H](COc1ccc(B(O)O)c(F)c1)c1ccccc1.S. The molecule has 0 amide bonds. The Hall–Kier alpha value is -1.50. The van der Waals surface area contributed by atoms with E-state index in [4.69, 9.17) is 14.8 Å². The van der Waals surface area contributed by atoms with Crippen LogP contribution in [-0.2, 0) is 0 Å². The summed E-state index contributed by atoms with van der Waals surface area (Å²) in [5.41, 5.74) is 0.990. The summed E-state index contributed by atoms with van der Waals surface area (Å²) in [6.45, 7) is 2.45. The van der Waals surface area contributed by atoms with E-state index in [1.165, 1.54) is 12.1 Å². The highest BCUT2D eigenvalue weighted by Crippen LogP contribution is 2.18. The molecule has 0 heterocycles. The average Bonchev–Trinajstić information content (AvgIpc) is 2.45. The van der Waals surface area contributed by atoms with Gasteiger partial charge in [-0.3, -0.25) is 0 Å². The summed E-state index contributed by atoms with van der Waals surface area (Å²) in [7, 11) is -1.81. The minimum atomic E-state index is -1.81. The lowest BCUT2D eigenvalue weighted by molar-refractivity contribution is 0.294. The molecule has 0 spiro atoms. The Morgan fingerprint density at radius 3 is 2.38 bits per heavy atom. The average molecular weight is 308 g/mol. The minimum absolute atomic E-state index is 0. The van der Waals surface area contributed by atoms with Crippen molar-refractivity contribution in [3.8, 4) is 5.75 Å². The number of rotatable bonds is 5. The molecule has 0 radical (unpaired) electrons. The van der Waals surface area contributed by atoms with E-state index < -0.39 is 12.9 Å². The van der Waals surface area contributed by atoms with Crippen molar-refractivity contribution in [3.63, 3.8) is 0 Å². The van der Waals surface area contributed by atoms with E-state index in [1.54, 1.807) is 0 Å². The summed E-state index contributed by atoms with van der Waals surface area (Å²) in [6.07, 6.45) is 0. The monoisotopic (exact) mass is 308 g/mol. The normalized spacial score (nSPS) is 11.4. The van der Waals surface area contributed by atoms with E-state index in [9.17, 15) is 4.39 Å². The van der Waals surface area contributed by atoms with Crippen LogP contribution < -0.4 is 10.2 Å². The van der Waals surface area contributed by atoms with Gasteiger partial charge in [-0.2, -0.15) is 13.5 Å². The highest BCUT2D eigenvalue weighted by molar-refractivity contribution is 7.59. The maximum Gasteiger partial charge on any atom is 0.491 e. The van der Waals surface area contributed by atoms with E-state index >= 15 is 0 Å². The minimum Gasteiger partial charge on any atom is -0.493 e. The standard InChI is InChI=1S/C15H16BFO3.H2S/c1-11(12-5-3-2-4-6-12)10-20-13-7-8-14(16(18)19)15(17)9-13;/h2-9,11,18-19H,10H2,1H3;1H2/t11-;/m1./s1. The van der Waals surface area contributed by atoms with Crippen LogP contribution in [0, 0.1) is 5.82 Å². The van der Waals surface area contributed by atoms with E-state index in [-0.39, 0.29) is 24.9 Å². The van der Waals surface area contributed by atoms with Gasteiger partial charge >= 0.3 is 7.12 Å². The van der Waals surface area contributed by atoms with Gasteiger partial charge in [0.2, 0.25) is 0 Å². The molecule has 0 aromatic heterocycles. The molecule has 3 nitrogen and oxygen atoms in total. The number of ether oxygens (including phenoxy) is 1. The van der Waals surface area contributed by atoms with E-state index in [2.05, 4.69) is 0 Å². The maximum atomic E-state index is 13.5. The second-order valence-electron chi connectivity index (χ2n) is 4.68. The molecule has 2 N–H and O–H groups in total. The zero-order valence-electron chi connectivity index (χ0n) is 11.7. The fourth-order valence-electron chi connectivity index (χ4n) is 1.91. The van der Waals surface area contributed by atoms with Crippen LogP contribution in [0.25, 0.3) is 0 Å². The summed E-state index contributed by atoms with van der Waals surface area (Å²) in [4.78, 5) is 0. The molecule has 21 heavy (non-hydrogen) atoms. The first-order valence-electron chi connectivity index (χ1n) is 6.41. The van der Waals surface area contributed by atoms with Crippen molar-refractivity contribution in [3.05, 3.63) is 59.9 Å². The van der Waals surface area contributed by atoms with Crippen LogP contribution in [-0.4, -0.2) is 23.8 Å². The van der Waals surface area contributed by atoms with Gasteiger partial charge in [0.05, 0.1) is 6.61 Å². The van der Waals surface area contributed by atoms with Gasteiger partial charge in [-0.15, -0.1) is 0 Å². The first kappa shape index (κ1) is 17.6. The molecule has 0 saturated heterocycles. The lowest BCUT2D eigenvalue weighted by atomic mass is 9.80. The lowest BCUT2D eigenvalue weighted by Crippen LogP contribution is -2.32. The van der Waals surface area contributed by atoms with Crippen LogP contribution in [0.5, 0.6) is 5.75 Å². The molecule has 0 aliphatic rings. The van der Waals surface area contributed by atoms with Gasteiger partial charge < -0.3 is 14.8 Å². The molecule has 2 aromatic rings. The van der Waals surface area contributed by atoms with Crippen molar-refractivity contribution in [1.29, 1.82) is 0 Å². The lowest BCUT2D eigenvalue weighted by Gasteiger charge is -2.14. The van der Waals surface area contributed by atoms with Crippen LogP contribution in [0.1, 0.15) is 18.4 Å². The smallest absolute Gasteiger partial charge is 0.491 e. The summed E-state index contributed by atoms with van der Waals surface area (Å²) < 4.78 is 19.1. The Bertz CT molecular complexity index is 566. The van der Waals surface area contributed by atoms with Crippen LogP contribution >= 0.6 is 13.5 Å². The van der Waals surface area contributed by atoms with Crippen molar-refractivity contribution < 1.29 is 19.2 Å². The Kier molecular flexibility index (Phi) is 6.75. The molecule has 1 atom stereocenters. The number of halogens is 1. The summed E-state index contributed by atoms with van der Waals surface area (Å²) >= 11 is 0. The van der Waals surface area contributed by atoms with Crippen molar-refractivity contribution in [2.75, 3.05) is 6.61 Å². The van der Waals surface area contributed by atoms with Crippen LogP contribution in [0.2, 0.25) is 0 Å². The summed E-state index contributed by atoms with van der Waals surface area (Å²) in [5, 5.41) is 17.9. The molecule has 0 bridgehead atoms. The largest absolute Gasteiger partial charge is 0.493 e. The van der Waals surface area contributed by atoms with E-state index in [0.717, 1.165) is 11.6 Å². The number of benzene rings is 2. The third kappa shape index (κ3) is 4.77. The van der Waals surface area contributed by atoms with Crippen LogP contribution in [0.3, 0.4) is 0 Å². The quantitative estimate of drug-likeness (QED) is 0.828. The highest BCUT2D eigenvalue weighted by Gasteiger charge is 2.17. The third-order valence-electron chi connectivity index (χ3n) is 3.12. The van der Waals surface area contributed by atoms with Gasteiger partial charge in [-0.1, -0.05) is 43.3 Å². The van der Waals surface area contributed by atoms with Crippen molar-refractivity contribution in [2.45, 2.75) is 12.8 Å². The molecule has 6 heteroatoms. The van der Waals surface area contributed by atoms with Gasteiger partial charge in [0.15, 0.2) is 0 Å². The van der Waals surface area contributed by atoms with Gasteiger partial charge in [-0.25, -0.2) is 4.39 Å². The Morgan fingerprint density at radius 1 is 1.14 bits per heavy atom. The molecule has 0 saturated carbocycles. The Labute approximate surface area is 131 Å². The highest BCUT2D eigenvalue weighted by atomic mass is 32.1. The predicted octanol–water partition coefficient (Wildman–Crippen LogP) is 1.80. The van der Waals surface area contributed by atoms with Crippen LogP contribution in [0.15, 0.2) is 48.5 Å². The van der Waals surface area contributed by atoms with Crippen molar-refractivity contribution >= 4 is 26.1 Å². The number of hydrogen-bond acceptors (Lipinski definition) is 3. The topological polar surface area (TPSA) is 49.7 Å². The zero-order valence-corrected chi connectivity index (χ0v) is 12.7. The second-order valence-corrected chi connectivity index (χ2v) is 4.68. The molecule has 112 valence electrons. The van der Waals surface area contributed by atoms with E-state index in [0.29, 0.717) is 12.4 Å². The Balaban J connectivity index is 0.00000220. The maximum absolute atomic E-state index is 13.5. The fraction of sp³-hybridized carbons (Fsp3) is 0.200. The van der Waals surface area contributed by atoms with Crippen molar-refractivity contribution in [2.24, 2.45) is 0 Å². The predicted molar refractivity (Wildman–Crippen MR) is 87.0 cm³/mol. The van der Waals surface area contributed by atoms with Gasteiger partial charge in [0, 0.05) is 17.4 Å². The van der Waals surface area contributed by atoms with Gasteiger partial charge in [-0.05, 0) is 11.6 Å². The molecule has 2 aromatic carbocycles. The molecule has 0 unspecified atom stereocenters. The molecule has 2 rings (SSSR count). The zero-order chi connectivity index (χ0) is 14.5. The molecule has 0 fully saturated rings. The third-order valence-corrected chi connectivity index (χ3v) is 3.12.